The van der Waals surface area contributed by atoms with Crippen LogP contribution in [0, 0.1) is 0 Å². The highest BCUT2D eigenvalue weighted by atomic mass is 35.5. The molecule has 2 N–H and O–H groups in total. The van der Waals surface area contributed by atoms with Crippen molar-refractivity contribution < 1.29 is 9.53 Å². The van der Waals surface area contributed by atoms with Crippen LogP contribution in [-0.2, 0) is 11.3 Å². The largest absolute Gasteiger partial charge is 0.497 e. The van der Waals surface area contributed by atoms with Crippen LogP contribution in [0.4, 0.5) is 11.5 Å². The molecule has 0 saturated carbocycles. The van der Waals surface area contributed by atoms with E-state index >= 15 is 0 Å². The van der Waals surface area contributed by atoms with Crippen molar-refractivity contribution >= 4 is 29.0 Å². The molecule has 6 nitrogen and oxygen atoms in total. The first-order valence-electron chi connectivity index (χ1n) is 7.81. The zero-order valence-electron chi connectivity index (χ0n) is 13.8. The molecule has 0 bridgehead atoms. The third-order valence-electron chi connectivity index (χ3n) is 3.44. The van der Waals surface area contributed by atoms with Crippen molar-refractivity contribution in [2.24, 2.45) is 0 Å². The third kappa shape index (κ3) is 5.09. The Morgan fingerprint density at radius 3 is 2.67 bits per heavy atom. The predicted octanol–water partition coefficient (Wildman–Crippen LogP) is 3.88. The number of hydrogen-bond donors (Lipinski definition) is 2. The van der Waals surface area contributed by atoms with Crippen LogP contribution >= 0.6 is 11.6 Å². The molecule has 0 saturated heterocycles. The molecule has 0 atom stereocenters. The monoisotopic (exact) mass is 348 g/mol. The van der Waals surface area contributed by atoms with E-state index in [9.17, 15) is 4.79 Å². The van der Waals surface area contributed by atoms with Crippen LogP contribution < -0.4 is 15.4 Å². The number of ether oxygens (including phenoxy) is 1. The van der Waals surface area contributed by atoms with Gasteiger partial charge in [0.15, 0.2) is 11.0 Å². The first-order valence-corrected chi connectivity index (χ1v) is 8.19. The van der Waals surface area contributed by atoms with Crippen LogP contribution in [0.3, 0.4) is 0 Å². The van der Waals surface area contributed by atoms with E-state index in [4.69, 9.17) is 16.3 Å². The van der Waals surface area contributed by atoms with Crippen LogP contribution in [0.5, 0.6) is 5.75 Å². The van der Waals surface area contributed by atoms with E-state index in [2.05, 4.69) is 20.6 Å². The van der Waals surface area contributed by atoms with Gasteiger partial charge in [-0.2, -0.15) is 0 Å². The van der Waals surface area contributed by atoms with Gasteiger partial charge in [0, 0.05) is 13.0 Å². The number of unbranched alkanes of at least 4 members (excludes halogenated alkanes) is 1. The first kappa shape index (κ1) is 18.0. The summed E-state index contributed by atoms with van der Waals surface area (Å²) in [5.74, 6) is 1.20. The molecule has 0 aliphatic carbocycles. The van der Waals surface area contributed by atoms with E-state index in [-0.39, 0.29) is 11.1 Å². The minimum atomic E-state index is -0.0963. The fourth-order valence-corrected chi connectivity index (χ4v) is 2.26. The zero-order chi connectivity index (χ0) is 17.4. The number of amides is 1. The van der Waals surface area contributed by atoms with Gasteiger partial charge < -0.3 is 15.4 Å². The molecule has 24 heavy (non-hydrogen) atoms. The molecule has 128 valence electrons. The summed E-state index contributed by atoms with van der Waals surface area (Å²) >= 11 is 6.11. The summed E-state index contributed by atoms with van der Waals surface area (Å²) in [7, 11) is 1.63. The average Bonchev–Trinajstić information content (AvgIpc) is 2.61. The number of nitrogens with zero attached hydrogens (tertiary/aromatic N) is 2. The third-order valence-corrected chi connectivity index (χ3v) is 3.73. The Balaban J connectivity index is 2.06. The highest BCUT2D eigenvalue weighted by molar-refractivity contribution is 6.33. The minimum absolute atomic E-state index is 0.0963. The van der Waals surface area contributed by atoms with E-state index in [0.29, 0.717) is 24.5 Å². The molecule has 1 amide bonds. The van der Waals surface area contributed by atoms with Crippen LogP contribution in [0.25, 0.3) is 0 Å². The summed E-state index contributed by atoms with van der Waals surface area (Å²) in [5.41, 5.74) is 1.46. The highest BCUT2D eigenvalue weighted by Crippen LogP contribution is 2.27. The molecule has 2 aromatic rings. The van der Waals surface area contributed by atoms with E-state index in [1.807, 2.05) is 31.2 Å². The van der Waals surface area contributed by atoms with Gasteiger partial charge in [0.1, 0.15) is 17.8 Å². The number of aromatic nitrogens is 2. The lowest BCUT2D eigenvalue weighted by molar-refractivity contribution is -0.116. The Hall–Kier alpha value is -2.34. The number of nitrogens with one attached hydrogen (secondary N) is 2. The standard InChI is InChI=1S/C17H21ClN4O2/c1-3-4-5-14(23)22-15-16(18)20-11-21-17(15)19-10-12-6-8-13(24-2)9-7-12/h6-9,11H,3-5,10H2,1-2H3,(H,22,23)(H,19,20,21). The molecular formula is C17H21ClN4O2. The lowest BCUT2D eigenvalue weighted by Crippen LogP contribution is -2.15. The zero-order valence-corrected chi connectivity index (χ0v) is 14.6. The summed E-state index contributed by atoms with van der Waals surface area (Å²) in [6, 6.07) is 7.68. The van der Waals surface area contributed by atoms with Gasteiger partial charge >= 0.3 is 0 Å². The highest BCUT2D eigenvalue weighted by Gasteiger charge is 2.13. The van der Waals surface area contributed by atoms with Gasteiger partial charge in [-0.3, -0.25) is 4.79 Å². The molecule has 2 rings (SSSR count). The Labute approximate surface area is 146 Å². The van der Waals surface area contributed by atoms with Crippen molar-refractivity contribution in [3.05, 3.63) is 41.3 Å². The van der Waals surface area contributed by atoms with Crippen molar-refractivity contribution in [2.45, 2.75) is 32.7 Å². The Morgan fingerprint density at radius 2 is 2.00 bits per heavy atom. The fourth-order valence-electron chi connectivity index (χ4n) is 2.08. The van der Waals surface area contributed by atoms with E-state index < -0.39 is 0 Å². The predicted molar refractivity (Wildman–Crippen MR) is 95.5 cm³/mol. The molecule has 0 unspecified atom stereocenters. The molecule has 0 aliphatic rings. The molecule has 1 aromatic heterocycles. The molecule has 1 heterocycles. The molecule has 0 spiro atoms. The van der Waals surface area contributed by atoms with Crippen molar-refractivity contribution in [2.75, 3.05) is 17.7 Å². The normalized spacial score (nSPS) is 10.3. The molecule has 7 heteroatoms. The molecule has 1 aromatic carbocycles. The number of benzene rings is 1. The second kappa shape index (κ2) is 9.08. The van der Waals surface area contributed by atoms with Gasteiger partial charge in [-0.15, -0.1) is 0 Å². The van der Waals surface area contributed by atoms with Crippen LogP contribution in [0.15, 0.2) is 30.6 Å². The maximum absolute atomic E-state index is 12.0. The lowest BCUT2D eigenvalue weighted by Gasteiger charge is -2.13. The number of carbonyl (C=O) groups excluding carboxylic acids is 1. The van der Waals surface area contributed by atoms with Crippen LogP contribution in [0.2, 0.25) is 5.15 Å². The van der Waals surface area contributed by atoms with Crippen molar-refractivity contribution in [3.8, 4) is 5.75 Å². The first-order chi connectivity index (χ1) is 11.6. The van der Waals surface area contributed by atoms with Gasteiger partial charge in [0.05, 0.1) is 7.11 Å². The quantitative estimate of drug-likeness (QED) is 0.708. The number of rotatable bonds is 8. The van der Waals surface area contributed by atoms with Crippen molar-refractivity contribution in [3.63, 3.8) is 0 Å². The molecular weight excluding hydrogens is 328 g/mol. The summed E-state index contributed by atoms with van der Waals surface area (Å²) in [5, 5.41) is 6.18. The SMILES string of the molecule is CCCCC(=O)Nc1c(Cl)ncnc1NCc1ccc(OC)cc1. The van der Waals surface area contributed by atoms with Crippen molar-refractivity contribution in [1.82, 2.24) is 9.97 Å². The molecule has 0 fully saturated rings. The van der Waals surface area contributed by atoms with Gasteiger partial charge in [0.2, 0.25) is 5.91 Å². The average molecular weight is 349 g/mol. The summed E-state index contributed by atoms with van der Waals surface area (Å²) < 4.78 is 5.14. The second-order valence-corrected chi connectivity index (χ2v) is 5.60. The Bertz CT molecular complexity index is 677. The van der Waals surface area contributed by atoms with Gasteiger partial charge in [-0.25, -0.2) is 9.97 Å². The summed E-state index contributed by atoms with van der Waals surface area (Å²) in [6.07, 6.45) is 3.58. The van der Waals surface area contributed by atoms with E-state index in [1.54, 1.807) is 7.11 Å². The van der Waals surface area contributed by atoms with E-state index in [1.165, 1.54) is 6.33 Å². The van der Waals surface area contributed by atoms with Gasteiger partial charge in [-0.1, -0.05) is 37.1 Å². The van der Waals surface area contributed by atoms with Gasteiger partial charge in [0.25, 0.3) is 0 Å². The topological polar surface area (TPSA) is 76.1 Å². The second-order valence-electron chi connectivity index (χ2n) is 5.24. The molecule has 0 radical (unpaired) electrons. The van der Waals surface area contributed by atoms with Crippen LogP contribution in [-0.4, -0.2) is 23.0 Å². The Kier molecular flexibility index (Phi) is 6.81. The number of halogens is 1. The number of methoxy groups -OCH3 is 1. The van der Waals surface area contributed by atoms with Gasteiger partial charge in [-0.05, 0) is 24.1 Å². The Morgan fingerprint density at radius 1 is 1.25 bits per heavy atom. The van der Waals surface area contributed by atoms with Crippen molar-refractivity contribution in [1.29, 1.82) is 0 Å². The summed E-state index contributed by atoms with van der Waals surface area (Å²) in [6.45, 7) is 2.57. The smallest absolute Gasteiger partial charge is 0.224 e. The summed E-state index contributed by atoms with van der Waals surface area (Å²) in [4.78, 5) is 20.1. The lowest BCUT2D eigenvalue weighted by atomic mass is 10.2. The minimum Gasteiger partial charge on any atom is -0.497 e. The number of carbonyl (C=O) groups is 1. The number of anilines is 2. The fraction of sp³-hybridized carbons (Fsp3) is 0.353. The molecule has 0 aliphatic heterocycles. The maximum Gasteiger partial charge on any atom is 0.224 e. The van der Waals surface area contributed by atoms with E-state index in [0.717, 1.165) is 24.2 Å². The van der Waals surface area contributed by atoms with Crippen LogP contribution in [0.1, 0.15) is 31.7 Å². The number of hydrogen-bond acceptors (Lipinski definition) is 5. The maximum atomic E-state index is 12.0.